The highest BCUT2D eigenvalue weighted by Gasteiger charge is 2.07. The number of anilines is 1. The summed E-state index contributed by atoms with van der Waals surface area (Å²) in [5, 5.41) is 22.8. The van der Waals surface area contributed by atoms with Crippen LogP contribution < -0.4 is 5.32 Å². The monoisotopic (exact) mass is 267 g/mol. The molecule has 0 fully saturated rings. The Morgan fingerprint density at radius 2 is 2.10 bits per heavy atom. The second-order valence-corrected chi connectivity index (χ2v) is 4.48. The van der Waals surface area contributed by atoms with Crippen molar-refractivity contribution in [1.82, 2.24) is 0 Å². The SMILES string of the molecule is Cc1cc(NCc2cccc(C#N)c2)cc([N+](=O)[O-])c1. The molecule has 20 heavy (non-hydrogen) atoms. The molecule has 0 saturated carbocycles. The second-order valence-electron chi connectivity index (χ2n) is 4.48. The van der Waals surface area contributed by atoms with Crippen LogP contribution in [0.15, 0.2) is 42.5 Å². The van der Waals surface area contributed by atoms with Gasteiger partial charge in [-0.25, -0.2) is 0 Å². The van der Waals surface area contributed by atoms with Crippen LogP contribution in [0.5, 0.6) is 0 Å². The van der Waals surface area contributed by atoms with Crippen LogP contribution in [0.3, 0.4) is 0 Å². The van der Waals surface area contributed by atoms with E-state index in [0.29, 0.717) is 17.8 Å². The zero-order valence-corrected chi connectivity index (χ0v) is 11.0. The van der Waals surface area contributed by atoms with Crippen molar-refractivity contribution in [1.29, 1.82) is 5.26 Å². The Morgan fingerprint density at radius 1 is 1.30 bits per heavy atom. The molecule has 0 spiro atoms. The van der Waals surface area contributed by atoms with Gasteiger partial charge in [-0.2, -0.15) is 5.26 Å². The van der Waals surface area contributed by atoms with E-state index in [0.717, 1.165) is 11.1 Å². The van der Waals surface area contributed by atoms with Gasteiger partial charge in [0.1, 0.15) is 0 Å². The quantitative estimate of drug-likeness (QED) is 0.680. The van der Waals surface area contributed by atoms with Gasteiger partial charge < -0.3 is 5.32 Å². The van der Waals surface area contributed by atoms with Crippen LogP contribution in [0.4, 0.5) is 11.4 Å². The third-order valence-electron chi connectivity index (χ3n) is 2.83. The van der Waals surface area contributed by atoms with Crippen molar-refractivity contribution < 1.29 is 4.92 Å². The van der Waals surface area contributed by atoms with E-state index in [4.69, 9.17) is 5.26 Å². The number of non-ortho nitro benzene ring substituents is 1. The number of nitro benzene ring substituents is 1. The molecule has 0 radical (unpaired) electrons. The first-order chi connectivity index (χ1) is 9.58. The van der Waals surface area contributed by atoms with Crippen molar-refractivity contribution in [2.45, 2.75) is 13.5 Å². The third kappa shape index (κ3) is 3.33. The van der Waals surface area contributed by atoms with Crippen molar-refractivity contribution in [3.8, 4) is 6.07 Å². The zero-order chi connectivity index (χ0) is 14.5. The number of nitrogens with one attached hydrogen (secondary N) is 1. The molecule has 0 saturated heterocycles. The molecule has 0 unspecified atom stereocenters. The fourth-order valence-corrected chi connectivity index (χ4v) is 1.93. The molecule has 5 nitrogen and oxygen atoms in total. The standard InChI is InChI=1S/C15H13N3O2/c1-11-5-14(8-15(6-11)18(19)20)17-10-13-4-2-3-12(7-13)9-16/h2-8,17H,10H2,1H3. The average Bonchev–Trinajstić information content (AvgIpc) is 2.44. The molecule has 2 aromatic rings. The summed E-state index contributed by atoms with van der Waals surface area (Å²) in [7, 11) is 0. The topological polar surface area (TPSA) is 79.0 Å². The predicted molar refractivity (Wildman–Crippen MR) is 76.3 cm³/mol. The maximum absolute atomic E-state index is 10.8. The van der Waals surface area contributed by atoms with Crippen molar-refractivity contribution in [3.63, 3.8) is 0 Å². The fourth-order valence-electron chi connectivity index (χ4n) is 1.93. The predicted octanol–water partition coefficient (Wildman–Crippen LogP) is 3.39. The van der Waals surface area contributed by atoms with Gasteiger partial charge >= 0.3 is 0 Å². The number of hydrogen-bond donors (Lipinski definition) is 1. The van der Waals surface area contributed by atoms with Gasteiger partial charge in [-0.05, 0) is 36.2 Å². The minimum absolute atomic E-state index is 0.0678. The van der Waals surface area contributed by atoms with Gasteiger partial charge in [-0.3, -0.25) is 10.1 Å². The molecule has 1 N–H and O–H groups in total. The lowest BCUT2D eigenvalue weighted by atomic mass is 10.1. The minimum Gasteiger partial charge on any atom is -0.381 e. The maximum Gasteiger partial charge on any atom is 0.271 e. The lowest BCUT2D eigenvalue weighted by Gasteiger charge is -2.07. The molecule has 0 bridgehead atoms. The van der Waals surface area contributed by atoms with Gasteiger partial charge in [0, 0.05) is 24.4 Å². The molecule has 0 aromatic heterocycles. The third-order valence-corrected chi connectivity index (χ3v) is 2.83. The summed E-state index contributed by atoms with van der Waals surface area (Å²) >= 11 is 0. The molecular weight excluding hydrogens is 254 g/mol. The lowest BCUT2D eigenvalue weighted by molar-refractivity contribution is -0.384. The Kier molecular flexibility index (Phi) is 3.96. The van der Waals surface area contributed by atoms with E-state index in [1.54, 1.807) is 12.1 Å². The van der Waals surface area contributed by atoms with Crippen molar-refractivity contribution in [2.75, 3.05) is 5.32 Å². The first kappa shape index (κ1) is 13.6. The number of nitrogens with zero attached hydrogens (tertiary/aromatic N) is 2. The maximum atomic E-state index is 10.8. The van der Waals surface area contributed by atoms with Crippen LogP contribution >= 0.6 is 0 Å². The van der Waals surface area contributed by atoms with Gasteiger partial charge in [0.05, 0.1) is 16.6 Å². The van der Waals surface area contributed by atoms with E-state index in [-0.39, 0.29) is 5.69 Å². The zero-order valence-electron chi connectivity index (χ0n) is 11.0. The summed E-state index contributed by atoms with van der Waals surface area (Å²) < 4.78 is 0. The van der Waals surface area contributed by atoms with Gasteiger partial charge in [-0.15, -0.1) is 0 Å². The lowest BCUT2D eigenvalue weighted by Crippen LogP contribution is -2.01. The smallest absolute Gasteiger partial charge is 0.271 e. The Morgan fingerprint density at radius 3 is 2.80 bits per heavy atom. The minimum atomic E-state index is -0.408. The Labute approximate surface area is 116 Å². The summed E-state index contributed by atoms with van der Waals surface area (Å²) in [4.78, 5) is 10.4. The van der Waals surface area contributed by atoms with E-state index in [1.165, 1.54) is 12.1 Å². The fraction of sp³-hybridized carbons (Fsp3) is 0.133. The number of nitro groups is 1. The van der Waals surface area contributed by atoms with Gasteiger partial charge in [0.25, 0.3) is 5.69 Å². The van der Waals surface area contributed by atoms with Crippen molar-refractivity contribution in [2.24, 2.45) is 0 Å². The molecule has 2 aromatic carbocycles. The van der Waals surface area contributed by atoms with Crippen LogP contribution in [-0.4, -0.2) is 4.92 Å². The number of nitriles is 1. The Hall–Kier alpha value is -2.87. The molecule has 0 heterocycles. The molecule has 5 heteroatoms. The van der Waals surface area contributed by atoms with Gasteiger partial charge in [0.15, 0.2) is 0 Å². The van der Waals surface area contributed by atoms with Crippen molar-refractivity contribution in [3.05, 3.63) is 69.3 Å². The first-order valence-electron chi connectivity index (χ1n) is 6.07. The van der Waals surface area contributed by atoms with E-state index in [9.17, 15) is 10.1 Å². The highest BCUT2D eigenvalue weighted by molar-refractivity contribution is 5.54. The van der Waals surface area contributed by atoms with Crippen LogP contribution in [0, 0.1) is 28.4 Å². The number of aryl methyl sites for hydroxylation is 1. The number of benzene rings is 2. The van der Waals surface area contributed by atoms with E-state index in [2.05, 4.69) is 11.4 Å². The average molecular weight is 267 g/mol. The molecule has 0 aliphatic rings. The normalized spacial score (nSPS) is 9.80. The van der Waals surface area contributed by atoms with E-state index in [1.807, 2.05) is 25.1 Å². The highest BCUT2D eigenvalue weighted by atomic mass is 16.6. The Bertz CT molecular complexity index is 690. The first-order valence-corrected chi connectivity index (χ1v) is 6.07. The molecule has 100 valence electrons. The molecule has 2 rings (SSSR count). The second kappa shape index (κ2) is 5.85. The van der Waals surface area contributed by atoms with E-state index < -0.39 is 4.92 Å². The van der Waals surface area contributed by atoms with Crippen LogP contribution in [-0.2, 0) is 6.54 Å². The van der Waals surface area contributed by atoms with Crippen LogP contribution in [0.1, 0.15) is 16.7 Å². The van der Waals surface area contributed by atoms with Crippen LogP contribution in [0.2, 0.25) is 0 Å². The largest absolute Gasteiger partial charge is 0.381 e. The summed E-state index contributed by atoms with van der Waals surface area (Å²) in [6, 6.07) is 14.2. The molecule has 0 aliphatic carbocycles. The van der Waals surface area contributed by atoms with Gasteiger partial charge in [-0.1, -0.05) is 12.1 Å². The summed E-state index contributed by atoms with van der Waals surface area (Å²) in [6.45, 7) is 2.32. The Balaban J connectivity index is 2.14. The summed E-state index contributed by atoms with van der Waals surface area (Å²) in [5.41, 5.74) is 3.14. The number of rotatable bonds is 4. The number of hydrogen-bond acceptors (Lipinski definition) is 4. The highest BCUT2D eigenvalue weighted by Crippen LogP contribution is 2.21. The summed E-state index contributed by atoms with van der Waals surface area (Å²) in [6.07, 6.45) is 0. The van der Waals surface area contributed by atoms with Crippen LogP contribution in [0.25, 0.3) is 0 Å². The molecule has 0 amide bonds. The molecule has 0 atom stereocenters. The summed E-state index contributed by atoms with van der Waals surface area (Å²) in [5.74, 6) is 0. The van der Waals surface area contributed by atoms with Gasteiger partial charge in [0.2, 0.25) is 0 Å². The van der Waals surface area contributed by atoms with E-state index >= 15 is 0 Å². The molecule has 0 aliphatic heterocycles. The molecular formula is C15H13N3O2. The van der Waals surface area contributed by atoms with Crippen molar-refractivity contribution >= 4 is 11.4 Å².